The summed E-state index contributed by atoms with van der Waals surface area (Å²) >= 11 is 0. The Morgan fingerprint density at radius 3 is 1.03 bits per heavy atom. The van der Waals surface area contributed by atoms with Crippen LogP contribution in [0.1, 0.15) is 328 Å². The number of carbonyl (C=O) groups is 3. The van der Waals surface area contributed by atoms with Gasteiger partial charge in [0.05, 0.1) is 34.4 Å². The number of carboxylic acids is 1. The van der Waals surface area contributed by atoms with Crippen LogP contribution >= 0.6 is 0 Å². The zero-order valence-corrected chi connectivity index (χ0v) is 52.3. The third kappa shape index (κ3) is 61.1. The van der Waals surface area contributed by atoms with Gasteiger partial charge in [-0.25, -0.2) is 4.79 Å². The molecule has 0 aromatic heterocycles. The van der Waals surface area contributed by atoms with Crippen LogP contribution in [0.5, 0.6) is 0 Å². The standard InChI is InChI=1S/C69H129NO8/c1-6-8-10-12-14-16-18-20-22-24-26-28-30-32-33-34-36-37-39-41-43-45-47-49-51-53-55-57-59-66(71)76-63-65(64-77-69(68(73)74)75-62-61-70(3,4)5)78-67(72)60-58-56-54-52-50-48-46-44-42-40-38-35-31-29-27-25-23-21-19-17-15-13-11-9-7-2/h19,21,25,27,31,35,65,69H,6-18,20,22-24,26,28-30,32-34,36-64H2,1-5H3/p+1/b21-19-,27-25-,35-31-. The number of aliphatic carboxylic acids is 1. The highest BCUT2D eigenvalue weighted by atomic mass is 16.7. The van der Waals surface area contributed by atoms with Crippen molar-refractivity contribution in [2.75, 3.05) is 47.5 Å². The van der Waals surface area contributed by atoms with Crippen LogP contribution in [0.15, 0.2) is 36.5 Å². The van der Waals surface area contributed by atoms with Gasteiger partial charge < -0.3 is 28.5 Å². The maximum absolute atomic E-state index is 12.9. The molecule has 0 saturated carbocycles. The van der Waals surface area contributed by atoms with Crippen LogP contribution in [0.4, 0.5) is 0 Å². The minimum Gasteiger partial charge on any atom is -0.477 e. The number of ether oxygens (including phenoxy) is 4. The van der Waals surface area contributed by atoms with Gasteiger partial charge in [0, 0.05) is 12.8 Å². The molecular weight excluding hydrogens is 971 g/mol. The Balaban J connectivity index is 4.12. The first-order valence-electron chi connectivity index (χ1n) is 33.7. The second-order valence-electron chi connectivity index (χ2n) is 24.1. The van der Waals surface area contributed by atoms with Gasteiger partial charge in [0.1, 0.15) is 13.2 Å². The van der Waals surface area contributed by atoms with E-state index in [2.05, 4.69) is 50.3 Å². The van der Waals surface area contributed by atoms with Crippen molar-refractivity contribution in [3.05, 3.63) is 36.5 Å². The van der Waals surface area contributed by atoms with Crippen LogP contribution in [0.2, 0.25) is 0 Å². The topological polar surface area (TPSA) is 108 Å². The lowest BCUT2D eigenvalue weighted by molar-refractivity contribution is -0.870. The average molecular weight is 1100 g/mol. The molecule has 0 amide bonds. The van der Waals surface area contributed by atoms with Gasteiger partial charge in [-0.1, -0.05) is 301 Å². The Morgan fingerprint density at radius 1 is 0.385 bits per heavy atom. The van der Waals surface area contributed by atoms with E-state index in [1.165, 1.54) is 244 Å². The maximum atomic E-state index is 12.9. The molecule has 0 aromatic carbocycles. The summed E-state index contributed by atoms with van der Waals surface area (Å²) < 4.78 is 23.0. The molecule has 0 spiro atoms. The summed E-state index contributed by atoms with van der Waals surface area (Å²) in [6.45, 7) is 4.92. The van der Waals surface area contributed by atoms with Gasteiger partial charge in [0.25, 0.3) is 6.29 Å². The zero-order chi connectivity index (χ0) is 56.9. The molecular formula is C69H130NO8+. The summed E-state index contributed by atoms with van der Waals surface area (Å²) in [5.74, 6) is -1.99. The molecule has 9 heteroatoms. The first-order chi connectivity index (χ1) is 38.1. The highest BCUT2D eigenvalue weighted by molar-refractivity contribution is 5.71. The molecule has 0 aliphatic heterocycles. The van der Waals surface area contributed by atoms with Gasteiger partial charge in [-0.05, 0) is 51.4 Å². The molecule has 2 unspecified atom stereocenters. The number of likely N-dealkylation sites (N-methyl/N-ethyl adjacent to an activating group) is 1. The number of carbonyl (C=O) groups excluding carboxylic acids is 2. The number of unbranched alkanes of at least 4 members (excludes halogenated alkanes) is 42. The predicted molar refractivity (Wildman–Crippen MR) is 332 cm³/mol. The smallest absolute Gasteiger partial charge is 0.361 e. The Hall–Kier alpha value is -2.49. The quantitative estimate of drug-likeness (QED) is 0.0211. The number of rotatable bonds is 63. The van der Waals surface area contributed by atoms with E-state index in [0.717, 1.165) is 57.8 Å². The van der Waals surface area contributed by atoms with Crippen LogP contribution in [-0.4, -0.2) is 87.4 Å². The van der Waals surface area contributed by atoms with Gasteiger partial charge in [0.15, 0.2) is 6.10 Å². The van der Waals surface area contributed by atoms with Crippen LogP contribution in [0.25, 0.3) is 0 Å². The van der Waals surface area contributed by atoms with Crippen LogP contribution in [0.3, 0.4) is 0 Å². The van der Waals surface area contributed by atoms with E-state index in [4.69, 9.17) is 18.9 Å². The molecule has 0 aromatic rings. The molecule has 0 fully saturated rings. The van der Waals surface area contributed by atoms with Gasteiger partial charge in [-0.3, -0.25) is 9.59 Å². The zero-order valence-electron chi connectivity index (χ0n) is 52.3. The Morgan fingerprint density at radius 2 is 0.692 bits per heavy atom. The van der Waals surface area contributed by atoms with E-state index >= 15 is 0 Å². The van der Waals surface area contributed by atoms with Gasteiger partial charge in [0.2, 0.25) is 0 Å². The molecule has 0 heterocycles. The number of carboxylic acid groups (broad SMARTS) is 1. The lowest BCUT2D eigenvalue weighted by Crippen LogP contribution is -2.40. The lowest BCUT2D eigenvalue weighted by atomic mass is 10.0. The van der Waals surface area contributed by atoms with E-state index in [9.17, 15) is 19.5 Å². The van der Waals surface area contributed by atoms with Crippen molar-refractivity contribution in [2.24, 2.45) is 0 Å². The van der Waals surface area contributed by atoms with Crippen molar-refractivity contribution >= 4 is 17.9 Å². The van der Waals surface area contributed by atoms with Crippen molar-refractivity contribution < 1.29 is 42.9 Å². The number of hydrogen-bond acceptors (Lipinski definition) is 7. The largest absolute Gasteiger partial charge is 0.477 e. The Labute approximate surface area is 483 Å². The highest BCUT2D eigenvalue weighted by Gasteiger charge is 2.25. The highest BCUT2D eigenvalue weighted by Crippen LogP contribution is 2.18. The summed E-state index contributed by atoms with van der Waals surface area (Å²) in [4.78, 5) is 37.6. The Bertz CT molecular complexity index is 1370. The summed E-state index contributed by atoms with van der Waals surface area (Å²) in [7, 11) is 5.98. The fourth-order valence-electron chi connectivity index (χ4n) is 9.97. The molecule has 0 saturated heterocycles. The van der Waals surface area contributed by atoms with Gasteiger partial charge in [-0.15, -0.1) is 0 Å². The fraction of sp³-hybridized carbons (Fsp3) is 0.870. The van der Waals surface area contributed by atoms with Crippen LogP contribution in [0, 0.1) is 0 Å². The van der Waals surface area contributed by atoms with E-state index in [1.54, 1.807) is 0 Å². The number of nitrogens with zero attached hydrogens (tertiary/aromatic N) is 1. The monoisotopic (exact) mass is 1100 g/mol. The predicted octanol–water partition coefficient (Wildman–Crippen LogP) is 20.4. The number of esters is 2. The molecule has 458 valence electrons. The van der Waals surface area contributed by atoms with Gasteiger partial charge >= 0.3 is 17.9 Å². The summed E-state index contributed by atoms with van der Waals surface area (Å²) in [6, 6.07) is 0. The second kappa shape index (κ2) is 60.6. The van der Waals surface area contributed by atoms with Gasteiger partial charge in [-0.2, -0.15) is 0 Å². The number of hydrogen-bond donors (Lipinski definition) is 1. The minimum absolute atomic E-state index is 0.179. The SMILES string of the molecule is CCCCCCC/C=C\C/C=C\C/C=C\CCCCCCCCCCCCC(=O)OC(COC(=O)CCCCCCCCCCCCCCCCCCCCCCCCCCCCCC)COC(OCC[N+](C)(C)C)C(=O)O. The molecule has 0 bridgehead atoms. The lowest BCUT2D eigenvalue weighted by Gasteiger charge is -2.25. The van der Waals surface area contributed by atoms with E-state index in [-0.39, 0.29) is 32.2 Å². The van der Waals surface area contributed by atoms with Crippen molar-refractivity contribution in [2.45, 2.75) is 341 Å². The maximum Gasteiger partial charge on any atom is 0.361 e. The average Bonchev–Trinajstić information content (AvgIpc) is 3.41. The second-order valence-corrected chi connectivity index (χ2v) is 24.1. The normalized spacial score (nSPS) is 12.9. The third-order valence-electron chi connectivity index (χ3n) is 15.1. The molecule has 0 rings (SSSR count). The molecule has 1 N–H and O–H groups in total. The van der Waals surface area contributed by atoms with E-state index in [1.807, 2.05) is 21.1 Å². The van der Waals surface area contributed by atoms with Crippen molar-refractivity contribution in [3.8, 4) is 0 Å². The molecule has 78 heavy (non-hydrogen) atoms. The molecule has 0 radical (unpaired) electrons. The molecule has 0 aliphatic rings. The summed E-state index contributed by atoms with van der Waals surface area (Å²) in [5, 5.41) is 9.73. The first-order valence-corrected chi connectivity index (χ1v) is 33.7. The molecule has 9 nitrogen and oxygen atoms in total. The number of allylic oxidation sites excluding steroid dienone is 6. The van der Waals surface area contributed by atoms with Crippen molar-refractivity contribution in [1.29, 1.82) is 0 Å². The van der Waals surface area contributed by atoms with E-state index < -0.39 is 24.3 Å². The summed E-state index contributed by atoms with van der Waals surface area (Å²) in [5.41, 5.74) is 0. The third-order valence-corrected chi connectivity index (χ3v) is 15.1. The molecule has 2 atom stereocenters. The fourth-order valence-corrected chi connectivity index (χ4v) is 9.97. The van der Waals surface area contributed by atoms with Crippen molar-refractivity contribution in [1.82, 2.24) is 0 Å². The van der Waals surface area contributed by atoms with Crippen molar-refractivity contribution in [3.63, 3.8) is 0 Å². The summed E-state index contributed by atoms with van der Waals surface area (Å²) in [6.07, 6.45) is 72.5. The first kappa shape index (κ1) is 75.5. The Kier molecular flexibility index (Phi) is 58.7. The van der Waals surface area contributed by atoms with E-state index in [0.29, 0.717) is 17.4 Å². The van der Waals surface area contributed by atoms with Crippen LogP contribution < -0.4 is 0 Å². The number of quaternary nitrogens is 1. The van der Waals surface area contributed by atoms with Crippen LogP contribution in [-0.2, 0) is 33.3 Å². The molecule has 0 aliphatic carbocycles. The minimum atomic E-state index is -1.51.